The molecule has 2 aromatic carbocycles. The molecular weight excluding hydrogens is 340 g/mol. The predicted molar refractivity (Wildman–Crippen MR) is 107 cm³/mol. The average Bonchev–Trinajstić information content (AvgIpc) is 2.69. The second-order valence-corrected chi connectivity index (χ2v) is 6.45. The van der Waals surface area contributed by atoms with Gasteiger partial charge < -0.3 is 14.6 Å². The van der Waals surface area contributed by atoms with Crippen LogP contribution in [0.25, 0.3) is 0 Å². The summed E-state index contributed by atoms with van der Waals surface area (Å²) in [6, 6.07) is 11.3. The van der Waals surface area contributed by atoms with Crippen molar-refractivity contribution in [1.82, 2.24) is 0 Å². The lowest BCUT2D eigenvalue weighted by atomic mass is 9.95. The number of carbonyl (C=O) groups excluding carboxylic acids is 1. The van der Waals surface area contributed by atoms with Crippen LogP contribution in [-0.2, 0) is 24.2 Å². The van der Waals surface area contributed by atoms with Gasteiger partial charge in [0.1, 0.15) is 23.7 Å². The van der Waals surface area contributed by atoms with Crippen LogP contribution in [0.1, 0.15) is 53.2 Å². The molecule has 2 rings (SSSR count). The lowest BCUT2D eigenvalue weighted by Crippen LogP contribution is -2.11. The maximum absolute atomic E-state index is 12.8. The third kappa shape index (κ3) is 5.36. The van der Waals surface area contributed by atoms with Gasteiger partial charge in [-0.15, -0.1) is 6.58 Å². The number of ether oxygens (including phenoxy) is 2. The molecule has 0 amide bonds. The number of allylic oxidation sites excluding steroid dienone is 1. The van der Waals surface area contributed by atoms with E-state index >= 15 is 0 Å². The highest BCUT2D eigenvalue weighted by atomic mass is 16.5. The molecule has 0 unspecified atom stereocenters. The summed E-state index contributed by atoms with van der Waals surface area (Å²) in [5, 5.41) is 10.8. The quantitative estimate of drug-likeness (QED) is 0.355. The second kappa shape index (κ2) is 10.4. The van der Waals surface area contributed by atoms with Crippen molar-refractivity contribution in [3.8, 4) is 11.5 Å². The van der Waals surface area contributed by atoms with Gasteiger partial charge in [-0.3, -0.25) is 0 Å². The van der Waals surface area contributed by atoms with Gasteiger partial charge in [-0.05, 0) is 36.5 Å². The molecular formula is C23H28O4. The minimum atomic E-state index is -0.518. The first-order valence-corrected chi connectivity index (χ1v) is 9.36. The number of aryl methyl sites for hydroxylation is 1. The van der Waals surface area contributed by atoms with Gasteiger partial charge in [0.15, 0.2) is 0 Å². The Balaban J connectivity index is 2.35. The molecule has 0 aliphatic rings. The van der Waals surface area contributed by atoms with Gasteiger partial charge in [-0.2, -0.15) is 0 Å². The van der Waals surface area contributed by atoms with Crippen LogP contribution in [0.15, 0.2) is 49.1 Å². The predicted octanol–water partition coefficient (Wildman–Crippen LogP) is 5.22. The fourth-order valence-corrected chi connectivity index (χ4v) is 3.05. The number of rotatable bonds is 10. The Morgan fingerprint density at radius 1 is 1.22 bits per heavy atom. The molecule has 0 aliphatic heterocycles. The van der Waals surface area contributed by atoms with Crippen LogP contribution in [0.4, 0.5) is 0 Å². The van der Waals surface area contributed by atoms with Crippen molar-refractivity contribution >= 4 is 5.97 Å². The third-order valence-electron chi connectivity index (χ3n) is 4.48. The number of benzene rings is 2. The monoisotopic (exact) mass is 368 g/mol. The summed E-state index contributed by atoms with van der Waals surface area (Å²) in [4.78, 5) is 12.8. The SMILES string of the molecule is C=CCc1c(OC)cc(CCCCC)c(C(=O)OCc2ccccc2)c1O. The maximum atomic E-state index is 12.8. The molecule has 0 spiro atoms. The standard InChI is InChI=1S/C23H28O4/c1-4-6-8-14-18-15-20(26-3)19(11-5-2)22(24)21(18)23(25)27-16-17-12-9-7-10-13-17/h5,7,9-10,12-13,15,24H,2,4,6,8,11,14,16H2,1,3H3. The first-order chi connectivity index (χ1) is 13.1. The first kappa shape index (κ1) is 20.6. The van der Waals surface area contributed by atoms with E-state index in [1.54, 1.807) is 13.2 Å². The zero-order valence-corrected chi connectivity index (χ0v) is 16.2. The molecule has 0 heterocycles. The van der Waals surface area contributed by atoms with E-state index in [1.165, 1.54) is 0 Å². The van der Waals surface area contributed by atoms with Gasteiger partial charge in [0, 0.05) is 5.56 Å². The maximum Gasteiger partial charge on any atom is 0.342 e. The van der Waals surface area contributed by atoms with E-state index in [-0.39, 0.29) is 17.9 Å². The minimum absolute atomic E-state index is 0.0705. The number of hydrogen-bond acceptors (Lipinski definition) is 4. The first-order valence-electron chi connectivity index (χ1n) is 9.36. The van der Waals surface area contributed by atoms with Crippen molar-refractivity contribution in [2.45, 2.75) is 45.6 Å². The van der Waals surface area contributed by atoms with Crippen LogP contribution in [0.2, 0.25) is 0 Å². The van der Waals surface area contributed by atoms with Crippen molar-refractivity contribution in [3.05, 3.63) is 71.3 Å². The summed E-state index contributed by atoms with van der Waals surface area (Å²) in [5.74, 6) is -0.0202. The topological polar surface area (TPSA) is 55.8 Å². The van der Waals surface area contributed by atoms with E-state index in [2.05, 4.69) is 13.5 Å². The average molecular weight is 368 g/mol. The van der Waals surface area contributed by atoms with E-state index in [9.17, 15) is 9.90 Å². The molecule has 4 heteroatoms. The second-order valence-electron chi connectivity index (χ2n) is 6.45. The molecule has 0 saturated carbocycles. The molecule has 0 atom stereocenters. The van der Waals surface area contributed by atoms with Crippen molar-refractivity contribution < 1.29 is 19.4 Å². The number of hydrogen-bond donors (Lipinski definition) is 1. The van der Waals surface area contributed by atoms with Crippen molar-refractivity contribution in [2.24, 2.45) is 0 Å². The number of unbranched alkanes of at least 4 members (excludes halogenated alkanes) is 2. The van der Waals surface area contributed by atoms with Gasteiger partial charge in [0.2, 0.25) is 0 Å². The van der Waals surface area contributed by atoms with Crippen LogP contribution in [-0.4, -0.2) is 18.2 Å². The molecule has 144 valence electrons. The van der Waals surface area contributed by atoms with Crippen molar-refractivity contribution in [3.63, 3.8) is 0 Å². The zero-order chi connectivity index (χ0) is 19.6. The summed E-state index contributed by atoms with van der Waals surface area (Å²) in [6.07, 6.45) is 5.82. The van der Waals surface area contributed by atoms with Crippen LogP contribution < -0.4 is 4.74 Å². The molecule has 0 bridgehead atoms. The van der Waals surface area contributed by atoms with Crippen LogP contribution in [0.5, 0.6) is 11.5 Å². The number of phenols is 1. The van der Waals surface area contributed by atoms with E-state index in [4.69, 9.17) is 9.47 Å². The number of esters is 1. The minimum Gasteiger partial charge on any atom is -0.507 e. The van der Waals surface area contributed by atoms with Crippen LogP contribution in [0.3, 0.4) is 0 Å². The number of phenolic OH excluding ortho intramolecular Hbond substituents is 1. The lowest BCUT2D eigenvalue weighted by molar-refractivity contribution is 0.0467. The highest BCUT2D eigenvalue weighted by molar-refractivity contribution is 5.95. The number of carbonyl (C=O) groups is 1. The molecule has 0 aromatic heterocycles. The zero-order valence-electron chi connectivity index (χ0n) is 16.2. The summed E-state index contributed by atoms with van der Waals surface area (Å²) in [6.45, 7) is 6.01. The van der Waals surface area contributed by atoms with Gasteiger partial charge in [0.05, 0.1) is 7.11 Å². The highest BCUT2D eigenvalue weighted by Gasteiger charge is 2.23. The van der Waals surface area contributed by atoms with E-state index in [0.29, 0.717) is 24.2 Å². The normalized spacial score (nSPS) is 10.4. The third-order valence-corrected chi connectivity index (χ3v) is 4.48. The van der Waals surface area contributed by atoms with E-state index in [1.807, 2.05) is 36.4 Å². The Morgan fingerprint density at radius 2 is 1.96 bits per heavy atom. The smallest absolute Gasteiger partial charge is 0.342 e. The fourth-order valence-electron chi connectivity index (χ4n) is 3.05. The van der Waals surface area contributed by atoms with Gasteiger partial charge >= 0.3 is 5.97 Å². The fraction of sp³-hybridized carbons (Fsp3) is 0.348. The Labute approximate surface area is 161 Å². The van der Waals surface area contributed by atoms with Crippen LogP contribution in [0, 0.1) is 0 Å². The highest BCUT2D eigenvalue weighted by Crippen LogP contribution is 2.36. The van der Waals surface area contributed by atoms with Crippen molar-refractivity contribution in [1.29, 1.82) is 0 Å². The molecule has 2 aromatic rings. The largest absolute Gasteiger partial charge is 0.507 e. The molecule has 0 fully saturated rings. The Bertz CT molecular complexity index is 766. The van der Waals surface area contributed by atoms with Crippen molar-refractivity contribution in [2.75, 3.05) is 7.11 Å². The van der Waals surface area contributed by atoms with Crippen LogP contribution >= 0.6 is 0 Å². The van der Waals surface area contributed by atoms with Gasteiger partial charge in [0.25, 0.3) is 0 Å². The van der Waals surface area contributed by atoms with E-state index in [0.717, 1.165) is 30.4 Å². The lowest BCUT2D eigenvalue weighted by Gasteiger charge is -2.17. The Kier molecular flexibility index (Phi) is 7.93. The Hall–Kier alpha value is -2.75. The molecule has 4 nitrogen and oxygen atoms in total. The molecule has 0 saturated heterocycles. The number of methoxy groups -OCH3 is 1. The molecule has 0 aliphatic carbocycles. The Morgan fingerprint density at radius 3 is 2.59 bits per heavy atom. The van der Waals surface area contributed by atoms with Gasteiger partial charge in [-0.1, -0.05) is 56.2 Å². The molecule has 0 radical (unpaired) electrons. The summed E-state index contributed by atoms with van der Waals surface area (Å²) >= 11 is 0. The molecule has 27 heavy (non-hydrogen) atoms. The number of aromatic hydroxyl groups is 1. The summed E-state index contributed by atoms with van der Waals surface area (Å²) < 4.78 is 10.9. The summed E-state index contributed by atoms with van der Waals surface area (Å²) in [5.41, 5.74) is 2.44. The summed E-state index contributed by atoms with van der Waals surface area (Å²) in [7, 11) is 1.56. The molecule has 1 N–H and O–H groups in total. The van der Waals surface area contributed by atoms with E-state index < -0.39 is 5.97 Å². The van der Waals surface area contributed by atoms with Gasteiger partial charge in [-0.25, -0.2) is 4.79 Å².